The molecule has 7 heteroatoms. The first-order valence-corrected chi connectivity index (χ1v) is 7.58. The molecule has 2 bridgehead atoms. The lowest BCUT2D eigenvalue weighted by Gasteiger charge is -2.45. The molecule has 22 heavy (non-hydrogen) atoms. The molecule has 1 unspecified atom stereocenters. The average molecular weight is 302 g/mol. The van der Waals surface area contributed by atoms with Crippen molar-refractivity contribution in [3.8, 4) is 11.3 Å². The third-order valence-corrected chi connectivity index (χ3v) is 4.99. The van der Waals surface area contributed by atoms with Gasteiger partial charge >= 0.3 is 5.97 Å². The predicted molar refractivity (Wildman–Crippen MR) is 79.0 cm³/mol. The summed E-state index contributed by atoms with van der Waals surface area (Å²) in [6, 6.07) is 0.296. The van der Waals surface area contributed by atoms with Crippen molar-refractivity contribution < 1.29 is 9.53 Å². The van der Waals surface area contributed by atoms with Crippen LogP contribution >= 0.6 is 0 Å². The molecule has 0 aliphatic carbocycles. The molecule has 0 amide bonds. The van der Waals surface area contributed by atoms with Crippen LogP contribution in [0.4, 0.5) is 0 Å². The van der Waals surface area contributed by atoms with Crippen molar-refractivity contribution in [3.63, 3.8) is 0 Å². The summed E-state index contributed by atoms with van der Waals surface area (Å²) in [4.78, 5) is 26.4. The lowest BCUT2D eigenvalue weighted by atomic mass is 9.83. The van der Waals surface area contributed by atoms with Gasteiger partial charge in [-0.05, 0) is 31.8 Å². The largest absolute Gasteiger partial charge is 0.465 e. The second-order valence-electron chi connectivity index (χ2n) is 6.13. The van der Waals surface area contributed by atoms with Crippen LogP contribution in [0.5, 0.6) is 0 Å². The van der Waals surface area contributed by atoms with Crippen molar-refractivity contribution in [2.24, 2.45) is 5.92 Å². The second-order valence-corrected chi connectivity index (χ2v) is 6.13. The van der Waals surface area contributed by atoms with Crippen molar-refractivity contribution in [3.05, 3.63) is 28.3 Å². The lowest BCUT2D eigenvalue weighted by Crippen LogP contribution is -2.48. The third-order valence-electron chi connectivity index (χ3n) is 4.99. The van der Waals surface area contributed by atoms with Gasteiger partial charge < -0.3 is 14.2 Å². The van der Waals surface area contributed by atoms with Crippen LogP contribution in [0.15, 0.2) is 17.2 Å². The fourth-order valence-electron chi connectivity index (χ4n) is 3.78. The van der Waals surface area contributed by atoms with Crippen LogP contribution in [-0.2, 0) is 4.74 Å². The molecule has 1 N–H and O–H groups in total. The van der Waals surface area contributed by atoms with Crippen LogP contribution in [0, 0.1) is 5.92 Å². The van der Waals surface area contributed by atoms with Gasteiger partial charge in [-0.3, -0.25) is 4.79 Å². The minimum Gasteiger partial charge on any atom is -0.465 e. The molecule has 5 heterocycles. The Hall–Kier alpha value is -2.15. The Bertz CT molecular complexity index is 742. The average Bonchev–Trinajstić information content (AvgIpc) is 2.95. The zero-order valence-electron chi connectivity index (χ0n) is 12.4. The van der Waals surface area contributed by atoms with E-state index >= 15 is 0 Å². The number of methoxy groups -OCH3 is 1. The number of carbonyl (C=O) groups is 1. The number of fused-ring (bicyclic) bond motifs is 4. The zero-order valence-corrected chi connectivity index (χ0v) is 12.4. The van der Waals surface area contributed by atoms with Gasteiger partial charge in [0.15, 0.2) is 0 Å². The molecular formula is C15H18N4O3. The molecule has 0 spiro atoms. The standard InChI is InChI=1S/C15H18N4O3/c1-22-15(21)11-7-19(6-10-13(11)16-17-14(10)20)12-8-18-4-2-9(12)3-5-18/h6-7,9,12H,2-5,8H2,1H3,(H,17,20). The van der Waals surface area contributed by atoms with Gasteiger partial charge in [0.05, 0.1) is 12.7 Å². The van der Waals surface area contributed by atoms with E-state index in [-0.39, 0.29) is 5.56 Å². The van der Waals surface area contributed by atoms with E-state index in [0.717, 1.165) is 19.6 Å². The summed E-state index contributed by atoms with van der Waals surface area (Å²) in [6.45, 7) is 3.26. The van der Waals surface area contributed by atoms with Crippen LogP contribution in [0.1, 0.15) is 29.2 Å². The Morgan fingerprint density at radius 3 is 2.77 bits per heavy atom. The number of hydrogen-bond donors (Lipinski definition) is 1. The van der Waals surface area contributed by atoms with E-state index in [1.807, 2.05) is 10.8 Å². The van der Waals surface area contributed by atoms with Gasteiger partial charge in [-0.25, -0.2) is 9.89 Å². The number of aromatic amines is 1. The van der Waals surface area contributed by atoms with E-state index in [4.69, 9.17) is 4.74 Å². The van der Waals surface area contributed by atoms with E-state index in [1.165, 1.54) is 20.0 Å². The van der Waals surface area contributed by atoms with Crippen molar-refractivity contribution >= 4 is 5.97 Å². The lowest BCUT2D eigenvalue weighted by molar-refractivity contribution is 0.0549. The SMILES string of the molecule is COC(=O)c1cn(C2CN3CCC2CC3)cc2c(=O)[nH]nc1-2. The van der Waals surface area contributed by atoms with Crippen LogP contribution in [0.25, 0.3) is 11.3 Å². The van der Waals surface area contributed by atoms with Gasteiger partial charge in [0.2, 0.25) is 0 Å². The van der Waals surface area contributed by atoms with Crippen LogP contribution in [0.3, 0.4) is 0 Å². The van der Waals surface area contributed by atoms with E-state index in [9.17, 15) is 9.59 Å². The molecule has 3 fully saturated rings. The Balaban J connectivity index is 1.84. The summed E-state index contributed by atoms with van der Waals surface area (Å²) in [5.74, 6) is 0.132. The fourth-order valence-corrected chi connectivity index (χ4v) is 3.78. The highest BCUT2D eigenvalue weighted by Crippen LogP contribution is 2.36. The number of esters is 1. The Morgan fingerprint density at radius 1 is 1.36 bits per heavy atom. The molecule has 116 valence electrons. The molecule has 0 saturated carbocycles. The van der Waals surface area contributed by atoms with E-state index in [2.05, 4.69) is 15.1 Å². The number of nitrogens with zero attached hydrogens (tertiary/aromatic N) is 3. The summed E-state index contributed by atoms with van der Waals surface area (Å²) in [7, 11) is 1.34. The van der Waals surface area contributed by atoms with Gasteiger partial charge in [0.1, 0.15) is 11.3 Å². The van der Waals surface area contributed by atoms with Crippen molar-refractivity contribution in [2.75, 3.05) is 26.7 Å². The van der Waals surface area contributed by atoms with Gasteiger partial charge in [0.25, 0.3) is 5.56 Å². The summed E-state index contributed by atoms with van der Waals surface area (Å²) >= 11 is 0. The van der Waals surface area contributed by atoms with Gasteiger partial charge in [-0.15, -0.1) is 0 Å². The number of carbonyl (C=O) groups excluding carboxylic acids is 1. The smallest absolute Gasteiger partial charge is 0.341 e. The Kier molecular flexibility index (Phi) is 3.04. The van der Waals surface area contributed by atoms with E-state index in [1.54, 1.807) is 6.20 Å². The molecule has 7 nitrogen and oxygen atoms in total. The number of ether oxygens (including phenoxy) is 1. The first-order chi connectivity index (χ1) is 10.7. The number of hydrogen-bond acceptors (Lipinski definition) is 5. The monoisotopic (exact) mass is 302 g/mol. The highest BCUT2D eigenvalue weighted by Gasteiger charge is 2.36. The predicted octanol–water partition coefficient (Wildman–Crippen LogP) is 0.730. The summed E-state index contributed by atoms with van der Waals surface area (Å²) in [5, 5.41) is 6.38. The van der Waals surface area contributed by atoms with Gasteiger partial charge in [-0.2, -0.15) is 5.10 Å². The number of nitrogens with one attached hydrogen (secondary N) is 1. The highest BCUT2D eigenvalue weighted by atomic mass is 16.5. The summed E-state index contributed by atoms with van der Waals surface area (Å²) in [6.07, 6.45) is 5.93. The molecule has 5 aliphatic heterocycles. The number of rotatable bonds is 2. The first kappa shape index (κ1) is 13.5. The number of H-pyrrole nitrogens is 1. The molecule has 3 saturated heterocycles. The van der Waals surface area contributed by atoms with E-state index in [0.29, 0.717) is 28.8 Å². The molecule has 5 rings (SSSR count). The maximum Gasteiger partial charge on any atom is 0.341 e. The Morgan fingerprint density at radius 2 is 2.14 bits per heavy atom. The topological polar surface area (TPSA) is 80.2 Å². The van der Waals surface area contributed by atoms with Gasteiger partial charge in [0, 0.05) is 25.0 Å². The van der Waals surface area contributed by atoms with Gasteiger partial charge in [-0.1, -0.05) is 0 Å². The normalized spacial score (nSPS) is 27.2. The molecule has 5 aliphatic rings. The quantitative estimate of drug-likeness (QED) is 0.827. The third kappa shape index (κ3) is 1.96. The molecule has 0 aromatic carbocycles. The first-order valence-electron chi connectivity index (χ1n) is 7.58. The number of piperidine rings is 3. The van der Waals surface area contributed by atoms with E-state index < -0.39 is 5.97 Å². The molecule has 0 aromatic heterocycles. The zero-order chi connectivity index (χ0) is 15.3. The van der Waals surface area contributed by atoms with Crippen molar-refractivity contribution in [2.45, 2.75) is 18.9 Å². The molecule has 0 aromatic rings. The van der Waals surface area contributed by atoms with Crippen LogP contribution < -0.4 is 5.56 Å². The van der Waals surface area contributed by atoms with Crippen molar-refractivity contribution in [1.82, 2.24) is 19.7 Å². The second kappa shape index (κ2) is 4.95. The number of aromatic nitrogens is 3. The Labute approximate surface area is 127 Å². The van der Waals surface area contributed by atoms with Crippen LogP contribution in [-0.4, -0.2) is 52.4 Å². The minimum absolute atomic E-state index is 0.268. The number of pyridine rings is 1. The highest BCUT2D eigenvalue weighted by molar-refractivity contribution is 5.95. The molecule has 1 atom stereocenters. The van der Waals surface area contributed by atoms with Crippen LogP contribution in [0.2, 0.25) is 0 Å². The minimum atomic E-state index is -0.466. The maximum absolute atomic E-state index is 12.0. The van der Waals surface area contributed by atoms with Crippen molar-refractivity contribution in [1.29, 1.82) is 0 Å². The molecule has 0 radical (unpaired) electrons. The fraction of sp³-hybridized carbons (Fsp3) is 0.533. The molecular weight excluding hydrogens is 284 g/mol. The maximum atomic E-state index is 12.0. The summed E-state index contributed by atoms with van der Waals surface area (Å²) < 4.78 is 6.85. The summed E-state index contributed by atoms with van der Waals surface area (Å²) in [5.41, 5.74) is 0.902.